The topological polar surface area (TPSA) is 120 Å². The monoisotopic (exact) mass is 554 g/mol. The first-order valence-corrected chi connectivity index (χ1v) is 13.5. The fraction of sp³-hybridized carbons (Fsp3) is 0.444. The molecule has 0 radical (unpaired) electrons. The largest absolute Gasteiger partial charge is 0.378 e. The molecule has 2 aromatic carbocycles. The van der Waals surface area contributed by atoms with Crippen LogP contribution < -0.4 is 20.4 Å². The molecular weight excluding hydrogens is 520 g/mol. The predicted octanol–water partition coefficient (Wildman–Crippen LogP) is 3.25. The van der Waals surface area contributed by atoms with E-state index in [4.69, 9.17) is 17.0 Å². The van der Waals surface area contributed by atoms with E-state index < -0.39 is 10.8 Å². The van der Waals surface area contributed by atoms with Crippen LogP contribution in [0.4, 0.5) is 22.7 Å². The number of benzene rings is 2. The Morgan fingerprint density at radius 2 is 1.67 bits per heavy atom. The second kappa shape index (κ2) is 12.9. The molecular formula is C27H34N6O5S. The number of anilines is 3. The van der Waals surface area contributed by atoms with Crippen LogP contribution in [-0.4, -0.2) is 79.2 Å². The first-order chi connectivity index (χ1) is 18.7. The van der Waals surface area contributed by atoms with Gasteiger partial charge < -0.3 is 24.8 Å². The summed E-state index contributed by atoms with van der Waals surface area (Å²) in [5, 5.41) is 17.1. The number of nitrogens with zero attached hydrogens (tertiary/aromatic N) is 4. The van der Waals surface area contributed by atoms with E-state index in [0.29, 0.717) is 63.1 Å². The Morgan fingerprint density at radius 3 is 2.28 bits per heavy atom. The summed E-state index contributed by atoms with van der Waals surface area (Å²) >= 11 is 5.36. The van der Waals surface area contributed by atoms with Crippen molar-refractivity contribution in [1.82, 2.24) is 10.2 Å². The van der Waals surface area contributed by atoms with Crippen LogP contribution in [0, 0.1) is 16.0 Å². The molecule has 0 bridgehead atoms. The molecule has 2 fully saturated rings. The number of carbonyl (C=O) groups excluding carboxylic acids is 2. The van der Waals surface area contributed by atoms with E-state index in [1.807, 2.05) is 34.1 Å². The van der Waals surface area contributed by atoms with Gasteiger partial charge in [0, 0.05) is 69.2 Å². The van der Waals surface area contributed by atoms with Crippen molar-refractivity contribution in [1.29, 1.82) is 0 Å². The Bertz CT molecular complexity index is 1210. The van der Waals surface area contributed by atoms with Crippen LogP contribution >= 0.6 is 12.2 Å². The van der Waals surface area contributed by atoms with Gasteiger partial charge >= 0.3 is 0 Å². The Balaban J connectivity index is 1.35. The molecule has 2 N–H and O–H groups in total. The zero-order valence-electron chi connectivity index (χ0n) is 22.2. The summed E-state index contributed by atoms with van der Waals surface area (Å²) in [6.45, 7) is 9.22. The quantitative estimate of drug-likeness (QED) is 0.302. The molecule has 12 heteroatoms. The summed E-state index contributed by atoms with van der Waals surface area (Å²) in [5.41, 5.74) is 2.34. The van der Waals surface area contributed by atoms with Gasteiger partial charge in [-0.1, -0.05) is 13.8 Å². The molecule has 2 heterocycles. The van der Waals surface area contributed by atoms with Gasteiger partial charge in [-0.2, -0.15) is 0 Å². The van der Waals surface area contributed by atoms with Gasteiger partial charge in [-0.15, -0.1) is 0 Å². The zero-order valence-corrected chi connectivity index (χ0v) is 23.0. The van der Waals surface area contributed by atoms with Gasteiger partial charge in [0.25, 0.3) is 11.6 Å². The van der Waals surface area contributed by atoms with Gasteiger partial charge in [-0.25, -0.2) is 0 Å². The molecule has 0 aromatic heterocycles. The van der Waals surface area contributed by atoms with Crippen LogP contribution in [0.3, 0.4) is 0 Å². The maximum absolute atomic E-state index is 13.1. The molecule has 2 aliphatic heterocycles. The lowest BCUT2D eigenvalue weighted by Crippen LogP contribution is -2.49. The van der Waals surface area contributed by atoms with Crippen LogP contribution in [0.5, 0.6) is 0 Å². The molecule has 0 unspecified atom stereocenters. The maximum atomic E-state index is 13.1. The predicted molar refractivity (Wildman–Crippen MR) is 155 cm³/mol. The molecule has 0 saturated carbocycles. The minimum Gasteiger partial charge on any atom is -0.378 e. The van der Waals surface area contributed by atoms with Gasteiger partial charge in [-0.05, 0) is 48.5 Å². The van der Waals surface area contributed by atoms with E-state index in [-0.39, 0.29) is 22.3 Å². The van der Waals surface area contributed by atoms with Gasteiger partial charge in [0.15, 0.2) is 5.11 Å². The molecule has 0 spiro atoms. The van der Waals surface area contributed by atoms with Crippen LogP contribution in [-0.2, 0) is 9.53 Å². The average Bonchev–Trinajstić information content (AvgIpc) is 2.93. The van der Waals surface area contributed by atoms with Crippen LogP contribution in [0.2, 0.25) is 0 Å². The Morgan fingerprint density at radius 1 is 1.00 bits per heavy atom. The van der Waals surface area contributed by atoms with Crippen molar-refractivity contribution in [3.05, 3.63) is 58.1 Å². The highest BCUT2D eigenvalue weighted by Gasteiger charge is 2.24. The van der Waals surface area contributed by atoms with Gasteiger partial charge in [0.05, 0.1) is 29.4 Å². The fourth-order valence-corrected chi connectivity index (χ4v) is 4.89. The van der Waals surface area contributed by atoms with Gasteiger partial charge in [0.2, 0.25) is 5.91 Å². The minimum atomic E-state index is -0.529. The molecule has 2 aliphatic rings. The molecule has 2 aromatic rings. The number of amides is 2. The summed E-state index contributed by atoms with van der Waals surface area (Å²) < 4.78 is 5.39. The van der Waals surface area contributed by atoms with E-state index in [0.717, 1.165) is 18.8 Å². The standard InChI is InChI=1S/C27H34N6O5S/c1-19(2)17-25(34)32-11-9-30(10-12-32)21-5-3-20(4-6-21)28-27(39)29-26(35)23-18-22(33(36)37)7-8-24(23)31-13-15-38-16-14-31/h3-8,18-19H,9-17H2,1-2H3,(H2,28,29,35,39). The smallest absolute Gasteiger partial charge is 0.270 e. The van der Waals surface area contributed by atoms with E-state index in [1.165, 1.54) is 12.1 Å². The van der Waals surface area contributed by atoms with Gasteiger partial charge in [-0.3, -0.25) is 25.0 Å². The molecule has 39 heavy (non-hydrogen) atoms. The van der Waals surface area contributed by atoms with E-state index in [2.05, 4.69) is 29.4 Å². The van der Waals surface area contributed by atoms with E-state index >= 15 is 0 Å². The summed E-state index contributed by atoms with van der Waals surface area (Å²) in [7, 11) is 0. The summed E-state index contributed by atoms with van der Waals surface area (Å²) in [4.78, 5) is 42.4. The van der Waals surface area contributed by atoms with Crippen LogP contribution in [0.1, 0.15) is 30.6 Å². The number of carbonyl (C=O) groups is 2. The van der Waals surface area contributed by atoms with Crippen molar-refractivity contribution in [3.63, 3.8) is 0 Å². The normalized spacial score (nSPS) is 15.7. The third kappa shape index (κ3) is 7.42. The highest BCUT2D eigenvalue weighted by Crippen LogP contribution is 2.27. The number of nitro groups is 1. The van der Waals surface area contributed by atoms with Crippen LogP contribution in [0.15, 0.2) is 42.5 Å². The van der Waals surface area contributed by atoms with Crippen LogP contribution in [0.25, 0.3) is 0 Å². The summed E-state index contributed by atoms with van der Waals surface area (Å²) in [6.07, 6.45) is 0.576. The number of ether oxygens (including phenoxy) is 1. The maximum Gasteiger partial charge on any atom is 0.270 e. The highest BCUT2D eigenvalue weighted by atomic mass is 32.1. The molecule has 0 atom stereocenters. The number of hydrogen-bond acceptors (Lipinski definition) is 8. The van der Waals surface area contributed by atoms with Gasteiger partial charge in [0.1, 0.15) is 0 Å². The molecule has 11 nitrogen and oxygen atoms in total. The third-order valence-electron chi connectivity index (χ3n) is 6.72. The zero-order chi connectivity index (χ0) is 27.9. The van der Waals surface area contributed by atoms with Crippen molar-refractivity contribution in [3.8, 4) is 0 Å². The number of hydrogen-bond donors (Lipinski definition) is 2. The van der Waals surface area contributed by atoms with Crippen molar-refractivity contribution >= 4 is 51.9 Å². The second-order valence-electron chi connectivity index (χ2n) is 9.98. The lowest BCUT2D eigenvalue weighted by Gasteiger charge is -2.36. The number of nitro benzene ring substituents is 1. The van der Waals surface area contributed by atoms with E-state index in [9.17, 15) is 19.7 Å². The SMILES string of the molecule is CC(C)CC(=O)N1CCN(c2ccc(NC(=S)NC(=O)c3cc([N+](=O)[O-])ccc3N3CCOCC3)cc2)CC1. The molecule has 4 rings (SSSR count). The van der Waals surface area contributed by atoms with Crippen molar-refractivity contribution < 1.29 is 19.2 Å². The number of nitrogens with one attached hydrogen (secondary N) is 2. The first-order valence-electron chi connectivity index (χ1n) is 13.1. The highest BCUT2D eigenvalue weighted by molar-refractivity contribution is 7.80. The number of piperazine rings is 1. The second-order valence-corrected chi connectivity index (χ2v) is 10.4. The molecule has 2 saturated heterocycles. The lowest BCUT2D eigenvalue weighted by atomic mass is 10.1. The molecule has 0 aliphatic carbocycles. The molecule has 208 valence electrons. The minimum absolute atomic E-state index is 0.0875. The van der Waals surface area contributed by atoms with Crippen molar-refractivity contribution in [2.75, 3.05) is 67.6 Å². The average molecular weight is 555 g/mol. The number of non-ortho nitro benzene ring substituents is 1. The first kappa shape index (κ1) is 28.2. The Hall–Kier alpha value is -3.77. The van der Waals surface area contributed by atoms with E-state index in [1.54, 1.807) is 6.07 Å². The van der Waals surface area contributed by atoms with Crippen molar-refractivity contribution in [2.24, 2.45) is 5.92 Å². The number of thiocarbonyl (C=S) groups is 1. The van der Waals surface area contributed by atoms with Crippen molar-refractivity contribution in [2.45, 2.75) is 20.3 Å². The Labute approximate surface area is 233 Å². The summed E-state index contributed by atoms with van der Waals surface area (Å²) in [5.74, 6) is 0.0330. The fourth-order valence-electron chi connectivity index (χ4n) is 4.68. The number of morpholine rings is 1. The third-order valence-corrected chi connectivity index (χ3v) is 6.92. The molecule has 2 amide bonds. The lowest BCUT2D eigenvalue weighted by molar-refractivity contribution is -0.384. The number of rotatable bonds is 7. The Kier molecular flexibility index (Phi) is 9.31. The summed E-state index contributed by atoms with van der Waals surface area (Å²) in [6, 6.07) is 11.9.